The minimum atomic E-state index is -0.369. The van der Waals surface area contributed by atoms with E-state index in [9.17, 15) is 4.79 Å². The lowest BCUT2D eigenvalue weighted by atomic mass is 10.1. The number of H-pyrrole nitrogens is 1. The van der Waals surface area contributed by atoms with Gasteiger partial charge >= 0.3 is 5.63 Å². The molecule has 0 aliphatic heterocycles. The zero-order valence-electron chi connectivity index (χ0n) is 14.7. The van der Waals surface area contributed by atoms with Crippen LogP contribution in [-0.4, -0.2) is 4.98 Å². The molecule has 0 atom stereocenters. The van der Waals surface area contributed by atoms with Crippen LogP contribution in [0, 0.1) is 0 Å². The monoisotopic (exact) mass is 430 g/mol. The van der Waals surface area contributed by atoms with Crippen molar-refractivity contribution in [3.63, 3.8) is 0 Å². The Hall–Kier alpha value is -3.31. The summed E-state index contributed by atoms with van der Waals surface area (Å²) in [5.74, 6) is 0. The normalized spacial score (nSPS) is 11.2. The number of benzene rings is 3. The van der Waals surface area contributed by atoms with Crippen LogP contribution in [0.15, 0.2) is 92.5 Å². The van der Waals surface area contributed by atoms with E-state index in [1.807, 2.05) is 72.8 Å². The Bertz CT molecular complexity index is 1350. The zero-order chi connectivity index (χ0) is 19.1. The molecule has 5 heteroatoms. The molecule has 3 aromatic carbocycles. The van der Waals surface area contributed by atoms with Gasteiger partial charge in [0.2, 0.25) is 0 Å². The Morgan fingerprint density at radius 2 is 1.57 bits per heavy atom. The predicted octanol–water partition coefficient (Wildman–Crippen LogP) is 6.45. The number of hydrogen-bond donors (Lipinski definition) is 2. The van der Waals surface area contributed by atoms with Crippen LogP contribution >= 0.6 is 15.9 Å². The third-order valence-electron chi connectivity index (χ3n) is 4.74. The molecule has 2 N–H and O–H groups in total. The molecule has 0 saturated carbocycles. The Kier molecular flexibility index (Phi) is 4.02. The van der Waals surface area contributed by atoms with Crippen molar-refractivity contribution in [2.75, 3.05) is 5.32 Å². The minimum Gasteiger partial charge on any atom is -0.422 e. The van der Waals surface area contributed by atoms with Gasteiger partial charge in [0.15, 0.2) is 0 Å². The van der Waals surface area contributed by atoms with Gasteiger partial charge in [0, 0.05) is 21.1 Å². The molecule has 0 radical (unpaired) electrons. The second-order valence-electron chi connectivity index (χ2n) is 6.51. The van der Waals surface area contributed by atoms with Crippen molar-refractivity contribution in [1.29, 1.82) is 0 Å². The number of anilines is 2. The average Bonchev–Trinajstić information content (AvgIpc) is 3.11. The van der Waals surface area contributed by atoms with Gasteiger partial charge in [0.1, 0.15) is 11.0 Å². The van der Waals surface area contributed by atoms with E-state index in [1.54, 1.807) is 6.07 Å². The first-order chi connectivity index (χ1) is 13.7. The maximum Gasteiger partial charge on any atom is 0.347 e. The van der Waals surface area contributed by atoms with Gasteiger partial charge < -0.3 is 14.7 Å². The van der Waals surface area contributed by atoms with Crippen LogP contribution < -0.4 is 10.9 Å². The van der Waals surface area contributed by atoms with Gasteiger partial charge in [-0.25, -0.2) is 4.79 Å². The molecule has 0 fully saturated rings. The number of aromatic nitrogens is 1. The average molecular weight is 431 g/mol. The zero-order valence-corrected chi connectivity index (χ0v) is 16.3. The molecule has 28 heavy (non-hydrogen) atoms. The van der Waals surface area contributed by atoms with E-state index in [1.165, 1.54) is 0 Å². The molecule has 5 aromatic rings. The molecular formula is C23H15BrN2O2. The summed E-state index contributed by atoms with van der Waals surface area (Å²) >= 11 is 3.45. The van der Waals surface area contributed by atoms with E-state index in [0.29, 0.717) is 16.7 Å². The van der Waals surface area contributed by atoms with Crippen LogP contribution in [0.5, 0.6) is 0 Å². The fourth-order valence-corrected chi connectivity index (χ4v) is 3.71. The molecule has 0 aliphatic rings. The van der Waals surface area contributed by atoms with E-state index in [-0.39, 0.29) is 5.63 Å². The van der Waals surface area contributed by atoms with Crippen LogP contribution in [0.1, 0.15) is 0 Å². The Balaban J connectivity index is 1.83. The number of rotatable bonds is 3. The Morgan fingerprint density at radius 3 is 2.36 bits per heavy atom. The van der Waals surface area contributed by atoms with Crippen molar-refractivity contribution in [3.8, 4) is 11.3 Å². The van der Waals surface area contributed by atoms with E-state index in [2.05, 4.69) is 26.2 Å². The van der Waals surface area contributed by atoms with Gasteiger partial charge in [0.05, 0.1) is 16.9 Å². The highest BCUT2D eigenvalue weighted by Crippen LogP contribution is 2.38. The summed E-state index contributed by atoms with van der Waals surface area (Å²) in [5.41, 5.74) is 4.40. The Morgan fingerprint density at radius 1 is 0.857 bits per heavy atom. The van der Waals surface area contributed by atoms with Crippen LogP contribution in [0.2, 0.25) is 0 Å². The Labute approximate surface area is 169 Å². The number of halogens is 1. The maximum atomic E-state index is 12.9. The first kappa shape index (κ1) is 16.8. The lowest BCUT2D eigenvalue weighted by Gasteiger charge is -2.09. The molecule has 0 saturated heterocycles. The third kappa shape index (κ3) is 2.80. The topological polar surface area (TPSA) is 58.0 Å². The molecule has 0 spiro atoms. The van der Waals surface area contributed by atoms with Crippen molar-refractivity contribution < 1.29 is 4.42 Å². The SMILES string of the molecule is O=c1oc2ccccc2c2[nH]c(-c3ccccc3)c(Nc3ccc(Br)cc3)c12. The quantitative estimate of drug-likeness (QED) is 0.323. The number of hydrogen-bond acceptors (Lipinski definition) is 3. The summed E-state index contributed by atoms with van der Waals surface area (Å²) in [4.78, 5) is 16.3. The standard InChI is InChI=1S/C23H15BrN2O2/c24-15-10-12-16(13-11-15)25-22-19-21(26-20(22)14-6-2-1-3-7-14)17-8-4-5-9-18(17)28-23(19)27/h1-13,25-26H. The molecule has 2 heterocycles. The maximum absolute atomic E-state index is 12.9. The second-order valence-corrected chi connectivity index (χ2v) is 7.42. The van der Waals surface area contributed by atoms with Crippen molar-refractivity contribution in [2.45, 2.75) is 0 Å². The van der Waals surface area contributed by atoms with Crippen molar-refractivity contribution in [1.82, 2.24) is 4.98 Å². The predicted molar refractivity (Wildman–Crippen MR) is 117 cm³/mol. The van der Waals surface area contributed by atoms with Gasteiger partial charge in [-0.2, -0.15) is 0 Å². The summed E-state index contributed by atoms with van der Waals surface area (Å²) in [6.07, 6.45) is 0. The first-order valence-corrected chi connectivity index (χ1v) is 9.65. The molecule has 0 amide bonds. The van der Waals surface area contributed by atoms with E-state index < -0.39 is 0 Å². The smallest absolute Gasteiger partial charge is 0.347 e. The van der Waals surface area contributed by atoms with E-state index >= 15 is 0 Å². The molecule has 4 nitrogen and oxygen atoms in total. The first-order valence-electron chi connectivity index (χ1n) is 8.86. The van der Waals surface area contributed by atoms with Gasteiger partial charge in [-0.3, -0.25) is 0 Å². The van der Waals surface area contributed by atoms with Gasteiger partial charge in [0.25, 0.3) is 0 Å². The number of aromatic amines is 1. The van der Waals surface area contributed by atoms with Gasteiger partial charge in [-0.05, 0) is 36.4 Å². The van der Waals surface area contributed by atoms with E-state index in [0.717, 1.165) is 32.3 Å². The second kappa shape index (κ2) is 6.69. The summed E-state index contributed by atoms with van der Waals surface area (Å²) in [5, 5.41) is 4.80. The molecule has 0 unspecified atom stereocenters. The third-order valence-corrected chi connectivity index (χ3v) is 5.27. The highest BCUT2D eigenvalue weighted by atomic mass is 79.9. The van der Waals surface area contributed by atoms with Crippen molar-refractivity contribution >= 4 is 49.2 Å². The van der Waals surface area contributed by atoms with Crippen LogP contribution in [0.3, 0.4) is 0 Å². The highest BCUT2D eigenvalue weighted by Gasteiger charge is 2.19. The highest BCUT2D eigenvalue weighted by molar-refractivity contribution is 9.10. The van der Waals surface area contributed by atoms with Crippen LogP contribution in [-0.2, 0) is 0 Å². The summed E-state index contributed by atoms with van der Waals surface area (Å²) in [6, 6.07) is 25.3. The van der Waals surface area contributed by atoms with Crippen molar-refractivity contribution in [2.24, 2.45) is 0 Å². The summed E-state index contributed by atoms with van der Waals surface area (Å²) in [6.45, 7) is 0. The number of nitrogens with one attached hydrogen (secondary N) is 2. The number of para-hydroxylation sites is 1. The lowest BCUT2D eigenvalue weighted by Crippen LogP contribution is -2.01. The molecule has 2 aromatic heterocycles. The van der Waals surface area contributed by atoms with Crippen molar-refractivity contribution in [3.05, 3.63) is 93.8 Å². The molecule has 0 bridgehead atoms. The molecule has 0 aliphatic carbocycles. The fourth-order valence-electron chi connectivity index (χ4n) is 3.44. The lowest BCUT2D eigenvalue weighted by molar-refractivity contribution is 0.570. The summed E-state index contributed by atoms with van der Waals surface area (Å²) in [7, 11) is 0. The van der Waals surface area contributed by atoms with Gasteiger partial charge in [-0.15, -0.1) is 0 Å². The van der Waals surface area contributed by atoms with Crippen LogP contribution in [0.4, 0.5) is 11.4 Å². The minimum absolute atomic E-state index is 0.369. The fraction of sp³-hybridized carbons (Fsp3) is 0. The molecule has 136 valence electrons. The van der Waals surface area contributed by atoms with Crippen LogP contribution in [0.25, 0.3) is 33.1 Å². The summed E-state index contributed by atoms with van der Waals surface area (Å²) < 4.78 is 6.59. The van der Waals surface area contributed by atoms with E-state index in [4.69, 9.17) is 4.42 Å². The largest absolute Gasteiger partial charge is 0.422 e. The van der Waals surface area contributed by atoms with Gasteiger partial charge in [-0.1, -0.05) is 58.4 Å². The molecular weight excluding hydrogens is 416 g/mol. The number of fused-ring (bicyclic) bond motifs is 3. The molecule has 5 rings (SSSR count).